The molecule has 96 valence electrons. The lowest BCUT2D eigenvalue weighted by Gasteiger charge is -2.24. The predicted molar refractivity (Wildman–Crippen MR) is 70.1 cm³/mol. The van der Waals surface area contributed by atoms with E-state index < -0.39 is 0 Å². The molecule has 1 fully saturated rings. The Morgan fingerprint density at radius 3 is 3.00 bits per heavy atom. The average Bonchev–Trinajstić information content (AvgIpc) is 2.86. The van der Waals surface area contributed by atoms with Crippen LogP contribution < -0.4 is 5.32 Å². The van der Waals surface area contributed by atoms with Crippen LogP contribution in [0, 0.1) is 12.8 Å². The second kappa shape index (κ2) is 5.69. The van der Waals surface area contributed by atoms with Crippen molar-refractivity contribution in [1.82, 2.24) is 10.2 Å². The standard InChI is InChI=1S/C14H24N2O/c1-4-7-15-10-12-5-8-16(3)13(12)14-11(2)6-9-17-14/h6,9,12-13,15H,4-5,7-8,10H2,1-3H3. The first-order chi connectivity index (χ1) is 8.24. The molecular formula is C14H24N2O. The van der Waals surface area contributed by atoms with Gasteiger partial charge in [0.25, 0.3) is 0 Å². The Balaban J connectivity index is 2.04. The number of likely N-dealkylation sites (tertiary alicyclic amines) is 1. The van der Waals surface area contributed by atoms with E-state index in [1.54, 1.807) is 0 Å². The number of nitrogens with zero attached hydrogens (tertiary/aromatic N) is 1. The van der Waals surface area contributed by atoms with Gasteiger partial charge in [-0.3, -0.25) is 4.90 Å². The van der Waals surface area contributed by atoms with Crippen molar-refractivity contribution in [2.45, 2.75) is 32.7 Å². The van der Waals surface area contributed by atoms with Crippen LogP contribution in [0.2, 0.25) is 0 Å². The Kier molecular flexibility index (Phi) is 4.24. The zero-order chi connectivity index (χ0) is 12.3. The van der Waals surface area contributed by atoms with E-state index in [1.165, 1.54) is 24.9 Å². The number of rotatable bonds is 5. The summed E-state index contributed by atoms with van der Waals surface area (Å²) in [4.78, 5) is 2.42. The maximum atomic E-state index is 5.69. The molecule has 2 rings (SSSR count). The lowest BCUT2D eigenvalue weighted by atomic mass is 9.96. The van der Waals surface area contributed by atoms with Gasteiger partial charge >= 0.3 is 0 Å². The smallest absolute Gasteiger partial charge is 0.124 e. The normalized spacial score (nSPS) is 25.6. The third-order valence-corrected chi connectivity index (χ3v) is 3.78. The van der Waals surface area contributed by atoms with E-state index in [0.29, 0.717) is 12.0 Å². The lowest BCUT2D eigenvalue weighted by molar-refractivity contribution is 0.233. The van der Waals surface area contributed by atoms with Crippen LogP contribution in [0.15, 0.2) is 16.7 Å². The SMILES string of the molecule is CCCNCC1CCN(C)C1c1occc1C. The number of furan rings is 1. The summed E-state index contributed by atoms with van der Waals surface area (Å²) < 4.78 is 5.69. The predicted octanol–water partition coefficient (Wildman–Crippen LogP) is 2.58. The van der Waals surface area contributed by atoms with Crippen molar-refractivity contribution in [2.75, 3.05) is 26.7 Å². The van der Waals surface area contributed by atoms with Gasteiger partial charge in [0.1, 0.15) is 5.76 Å². The molecule has 0 spiro atoms. The molecule has 0 saturated carbocycles. The Hall–Kier alpha value is -0.800. The minimum atomic E-state index is 0.453. The van der Waals surface area contributed by atoms with Gasteiger partial charge < -0.3 is 9.73 Å². The minimum absolute atomic E-state index is 0.453. The monoisotopic (exact) mass is 236 g/mol. The second-order valence-electron chi connectivity index (χ2n) is 5.15. The molecular weight excluding hydrogens is 212 g/mol. The maximum Gasteiger partial charge on any atom is 0.124 e. The van der Waals surface area contributed by atoms with Crippen molar-refractivity contribution in [3.8, 4) is 0 Å². The molecule has 1 aliphatic heterocycles. The van der Waals surface area contributed by atoms with Gasteiger partial charge in [0.15, 0.2) is 0 Å². The minimum Gasteiger partial charge on any atom is -0.467 e. The molecule has 0 aromatic carbocycles. The van der Waals surface area contributed by atoms with E-state index in [0.717, 1.165) is 18.8 Å². The molecule has 0 bridgehead atoms. The van der Waals surface area contributed by atoms with Crippen molar-refractivity contribution in [2.24, 2.45) is 5.92 Å². The number of aryl methyl sites for hydroxylation is 1. The third kappa shape index (κ3) is 2.72. The van der Waals surface area contributed by atoms with Gasteiger partial charge in [-0.2, -0.15) is 0 Å². The van der Waals surface area contributed by atoms with Gasteiger partial charge in [-0.05, 0) is 64.0 Å². The van der Waals surface area contributed by atoms with Crippen molar-refractivity contribution < 1.29 is 4.42 Å². The van der Waals surface area contributed by atoms with Gasteiger partial charge in [-0.1, -0.05) is 6.92 Å². The van der Waals surface area contributed by atoms with E-state index in [4.69, 9.17) is 4.42 Å². The van der Waals surface area contributed by atoms with Crippen LogP contribution in [0.3, 0.4) is 0 Å². The highest BCUT2D eigenvalue weighted by molar-refractivity contribution is 5.20. The van der Waals surface area contributed by atoms with Crippen LogP contribution in [-0.2, 0) is 0 Å². The molecule has 0 radical (unpaired) electrons. The Labute approximate surface area is 104 Å². The number of hydrogen-bond acceptors (Lipinski definition) is 3. The molecule has 2 atom stereocenters. The zero-order valence-electron chi connectivity index (χ0n) is 11.2. The van der Waals surface area contributed by atoms with Crippen LogP contribution in [0.1, 0.15) is 37.1 Å². The highest BCUT2D eigenvalue weighted by Gasteiger charge is 2.35. The van der Waals surface area contributed by atoms with Crippen molar-refractivity contribution >= 4 is 0 Å². The lowest BCUT2D eigenvalue weighted by Crippen LogP contribution is -2.29. The Morgan fingerprint density at radius 1 is 1.53 bits per heavy atom. The van der Waals surface area contributed by atoms with E-state index >= 15 is 0 Å². The fraction of sp³-hybridized carbons (Fsp3) is 0.714. The summed E-state index contributed by atoms with van der Waals surface area (Å²) in [5.74, 6) is 1.84. The number of hydrogen-bond donors (Lipinski definition) is 1. The first-order valence-electron chi connectivity index (χ1n) is 6.69. The first-order valence-corrected chi connectivity index (χ1v) is 6.69. The fourth-order valence-corrected chi connectivity index (χ4v) is 2.81. The molecule has 2 heterocycles. The van der Waals surface area contributed by atoms with Crippen LogP contribution in [0.4, 0.5) is 0 Å². The van der Waals surface area contributed by atoms with Crippen LogP contribution in [0.5, 0.6) is 0 Å². The van der Waals surface area contributed by atoms with E-state index in [9.17, 15) is 0 Å². The summed E-state index contributed by atoms with van der Waals surface area (Å²) in [6.07, 6.45) is 4.28. The molecule has 3 nitrogen and oxygen atoms in total. The molecule has 3 heteroatoms. The largest absolute Gasteiger partial charge is 0.467 e. The molecule has 0 amide bonds. The van der Waals surface area contributed by atoms with Crippen molar-refractivity contribution in [1.29, 1.82) is 0 Å². The van der Waals surface area contributed by atoms with Gasteiger partial charge in [-0.25, -0.2) is 0 Å². The summed E-state index contributed by atoms with van der Waals surface area (Å²) in [6, 6.07) is 2.52. The first kappa shape index (κ1) is 12.7. The van der Waals surface area contributed by atoms with Gasteiger partial charge in [0, 0.05) is 0 Å². The summed E-state index contributed by atoms with van der Waals surface area (Å²) in [5.41, 5.74) is 1.28. The fourth-order valence-electron chi connectivity index (χ4n) is 2.81. The Bertz CT molecular complexity index is 348. The summed E-state index contributed by atoms with van der Waals surface area (Å²) >= 11 is 0. The van der Waals surface area contributed by atoms with Crippen molar-refractivity contribution in [3.63, 3.8) is 0 Å². The summed E-state index contributed by atoms with van der Waals surface area (Å²) in [7, 11) is 2.20. The molecule has 0 aliphatic carbocycles. The third-order valence-electron chi connectivity index (χ3n) is 3.78. The van der Waals surface area contributed by atoms with Gasteiger partial charge in [0.2, 0.25) is 0 Å². The molecule has 17 heavy (non-hydrogen) atoms. The molecule has 1 N–H and O–H groups in total. The van der Waals surface area contributed by atoms with Gasteiger partial charge in [-0.15, -0.1) is 0 Å². The van der Waals surface area contributed by atoms with Crippen molar-refractivity contribution in [3.05, 3.63) is 23.7 Å². The highest BCUT2D eigenvalue weighted by Crippen LogP contribution is 2.37. The van der Waals surface area contributed by atoms with Gasteiger partial charge in [0.05, 0.1) is 12.3 Å². The molecule has 1 aromatic heterocycles. The van der Waals surface area contributed by atoms with Crippen LogP contribution in [0.25, 0.3) is 0 Å². The van der Waals surface area contributed by atoms with E-state index in [2.05, 4.69) is 37.2 Å². The number of nitrogens with one attached hydrogen (secondary N) is 1. The topological polar surface area (TPSA) is 28.4 Å². The van der Waals surface area contributed by atoms with E-state index in [1.807, 2.05) is 6.26 Å². The summed E-state index contributed by atoms with van der Waals surface area (Å²) in [6.45, 7) is 7.74. The quantitative estimate of drug-likeness (QED) is 0.797. The van der Waals surface area contributed by atoms with E-state index in [-0.39, 0.29) is 0 Å². The highest BCUT2D eigenvalue weighted by atomic mass is 16.3. The molecule has 2 unspecified atom stereocenters. The molecule has 1 aromatic rings. The molecule has 1 saturated heterocycles. The Morgan fingerprint density at radius 2 is 2.35 bits per heavy atom. The second-order valence-corrected chi connectivity index (χ2v) is 5.15. The average molecular weight is 236 g/mol. The zero-order valence-corrected chi connectivity index (χ0v) is 11.2. The maximum absolute atomic E-state index is 5.69. The van der Waals surface area contributed by atoms with Crippen LogP contribution >= 0.6 is 0 Å². The summed E-state index contributed by atoms with van der Waals surface area (Å²) in [5, 5.41) is 3.54. The van der Waals surface area contributed by atoms with Crippen LogP contribution in [-0.4, -0.2) is 31.6 Å². The molecule has 1 aliphatic rings.